The van der Waals surface area contributed by atoms with E-state index in [1.165, 1.54) is 0 Å². The van der Waals surface area contributed by atoms with Crippen molar-refractivity contribution in [1.29, 1.82) is 0 Å². The summed E-state index contributed by atoms with van der Waals surface area (Å²) < 4.78 is 0. The van der Waals surface area contributed by atoms with Gasteiger partial charge in [-0.25, -0.2) is 0 Å². The third-order valence-electron chi connectivity index (χ3n) is 3.93. The zero-order valence-corrected chi connectivity index (χ0v) is 10.3. The Morgan fingerprint density at radius 2 is 2.11 bits per heavy atom. The predicted octanol–water partition coefficient (Wildman–Crippen LogP) is 2.32. The molecule has 2 atom stereocenters. The monoisotopic (exact) mass is 242 g/mol. The van der Waals surface area contributed by atoms with Crippen LogP contribution in [0.3, 0.4) is 0 Å². The number of rotatable bonds is 1. The Morgan fingerprint density at radius 3 is 2.94 bits per heavy atom. The van der Waals surface area contributed by atoms with Crippen molar-refractivity contribution in [2.75, 3.05) is 0 Å². The van der Waals surface area contributed by atoms with Gasteiger partial charge in [-0.15, -0.1) is 0 Å². The summed E-state index contributed by atoms with van der Waals surface area (Å²) in [4.78, 5) is 4.26. The van der Waals surface area contributed by atoms with E-state index in [1.54, 1.807) is 6.20 Å². The summed E-state index contributed by atoms with van der Waals surface area (Å²) in [5, 5.41) is 13.0. The van der Waals surface area contributed by atoms with Crippen molar-refractivity contribution >= 4 is 10.8 Å². The Bertz CT molecular complexity index is 564. The van der Waals surface area contributed by atoms with E-state index >= 15 is 0 Å². The van der Waals surface area contributed by atoms with Gasteiger partial charge < -0.3 is 10.8 Å². The molecule has 0 bridgehead atoms. The van der Waals surface area contributed by atoms with Crippen molar-refractivity contribution in [1.82, 2.24) is 4.98 Å². The fraction of sp³-hybridized carbons (Fsp3) is 0.400. The van der Waals surface area contributed by atoms with E-state index in [2.05, 4.69) is 4.98 Å². The molecule has 0 spiro atoms. The normalized spacial score (nSPS) is 28.4. The maximum Gasteiger partial charge on any atom is 0.0932 e. The molecule has 0 radical (unpaired) electrons. The van der Waals surface area contributed by atoms with Crippen LogP contribution in [0.15, 0.2) is 36.7 Å². The average molecular weight is 242 g/mol. The topological polar surface area (TPSA) is 59.1 Å². The molecule has 0 aliphatic heterocycles. The van der Waals surface area contributed by atoms with Crippen molar-refractivity contribution in [2.24, 2.45) is 5.73 Å². The van der Waals surface area contributed by atoms with Gasteiger partial charge in [0.1, 0.15) is 0 Å². The van der Waals surface area contributed by atoms with Crippen LogP contribution >= 0.6 is 0 Å². The third-order valence-corrected chi connectivity index (χ3v) is 3.93. The summed E-state index contributed by atoms with van der Waals surface area (Å²) in [5.41, 5.74) is 6.12. The first-order chi connectivity index (χ1) is 8.69. The highest BCUT2D eigenvalue weighted by atomic mass is 16.3. The van der Waals surface area contributed by atoms with E-state index in [9.17, 15) is 5.11 Å². The highest BCUT2D eigenvalue weighted by Crippen LogP contribution is 2.39. The molecule has 1 aliphatic carbocycles. The van der Waals surface area contributed by atoms with E-state index in [0.717, 1.165) is 35.6 Å². The number of hydrogen-bond donors (Lipinski definition) is 2. The molecular formula is C15H18N2O. The molecule has 1 aromatic carbocycles. The molecule has 3 N–H and O–H groups in total. The van der Waals surface area contributed by atoms with Crippen LogP contribution in [0.25, 0.3) is 10.8 Å². The second-order valence-electron chi connectivity index (χ2n) is 5.30. The van der Waals surface area contributed by atoms with Crippen LogP contribution in [0.2, 0.25) is 0 Å². The van der Waals surface area contributed by atoms with Crippen molar-refractivity contribution in [2.45, 2.75) is 37.3 Å². The number of nitrogens with two attached hydrogens (primary N) is 1. The number of aromatic nitrogens is 1. The summed E-state index contributed by atoms with van der Waals surface area (Å²) in [6.07, 6.45) is 7.01. The van der Waals surface area contributed by atoms with Crippen LogP contribution in [0.5, 0.6) is 0 Å². The number of nitrogens with zero attached hydrogens (tertiary/aromatic N) is 1. The van der Waals surface area contributed by atoms with Gasteiger partial charge in [0.15, 0.2) is 0 Å². The van der Waals surface area contributed by atoms with Gasteiger partial charge in [-0.3, -0.25) is 4.98 Å². The van der Waals surface area contributed by atoms with Gasteiger partial charge in [0.2, 0.25) is 0 Å². The van der Waals surface area contributed by atoms with E-state index < -0.39 is 5.60 Å². The average Bonchev–Trinajstić information content (AvgIpc) is 2.38. The second-order valence-corrected chi connectivity index (χ2v) is 5.30. The Kier molecular flexibility index (Phi) is 2.80. The molecule has 94 valence electrons. The van der Waals surface area contributed by atoms with Crippen molar-refractivity contribution in [3.8, 4) is 0 Å². The standard InChI is InChI=1S/C15H18N2O/c16-12-5-3-7-15(18,8-12)14-10-17-9-11-4-1-2-6-13(11)14/h1-2,4,6,9-10,12,18H,3,5,7-8,16H2. The SMILES string of the molecule is NC1CCCC(O)(c2cncc3ccccc23)C1. The van der Waals surface area contributed by atoms with Crippen LogP contribution in [-0.4, -0.2) is 16.1 Å². The van der Waals surface area contributed by atoms with Crippen LogP contribution in [0.4, 0.5) is 0 Å². The quantitative estimate of drug-likeness (QED) is 0.806. The summed E-state index contributed by atoms with van der Waals surface area (Å²) in [5.74, 6) is 0. The molecule has 1 aliphatic rings. The Labute approximate surface area is 107 Å². The molecular weight excluding hydrogens is 224 g/mol. The first-order valence-corrected chi connectivity index (χ1v) is 6.50. The lowest BCUT2D eigenvalue weighted by molar-refractivity contribution is -0.00607. The fourth-order valence-electron chi connectivity index (χ4n) is 3.03. The number of hydrogen-bond acceptors (Lipinski definition) is 3. The molecule has 1 aromatic heterocycles. The van der Waals surface area contributed by atoms with Gasteiger partial charge in [-0.1, -0.05) is 24.3 Å². The Hall–Kier alpha value is -1.45. The minimum Gasteiger partial charge on any atom is -0.385 e. The number of aliphatic hydroxyl groups is 1. The Morgan fingerprint density at radius 1 is 1.28 bits per heavy atom. The third kappa shape index (κ3) is 1.89. The van der Waals surface area contributed by atoms with Crippen molar-refractivity contribution in [3.05, 3.63) is 42.2 Å². The molecule has 0 saturated heterocycles. The van der Waals surface area contributed by atoms with Crippen LogP contribution in [-0.2, 0) is 5.60 Å². The second kappa shape index (κ2) is 4.34. The molecule has 2 aromatic rings. The van der Waals surface area contributed by atoms with Gasteiger partial charge in [0.25, 0.3) is 0 Å². The first-order valence-electron chi connectivity index (χ1n) is 6.50. The van der Waals surface area contributed by atoms with E-state index in [4.69, 9.17) is 5.73 Å². The van der Waals surface area contributed by atoms with Gasteiger partial charge in [-0.05, 0) is 31.1 Å². The van der Waals surface area contributed by atoms with E-state index in [-0.39, 0.29) is 6.04 Å². The smallest absolute Gasteiger partial charge is 0.0932 e. The summed E-state index contributed by atoms with van der Waals surface area (Å²) in [6.45, 7) is 0. The highest BCUT2D eigenvalue weighted by molar-refractivity contribution is 5.85. The van der Waals surface area contributed by atoms with E-state index in [0.29, 0.717) is 6.42 Å². The first kappa shape index (κ1) is 11.6. The fourth-order valence-corrected chi connectivity index (χ4v) is 3.03. The molecule has 2 unspecified atom stereocenters. The molecule has 3 nitrogen and oxygen atoms in total. The maximum absolute atomic E-state index is 10.9. The molecule has 1 saturated carbocycles. The van der Waals surface area contributed by atoms with Crippen LogP contribution in [0, 0.1) is 0 Å². The summed E-state index contributed by atoms with van der Waals surface area (Å²) >= 11 is 0. The van der Waals surface area contributed by atoms with Crippen molar-refractivity contribution < 1.29 is 5.11 Å². The number of fused-ring (bicyclic) bond motifs is 1. The zero-order valence-electron chi connectivity index (χ0n) is 10.3. The van der Waals surface area contributed by atoms with Gasteiger partial charge in [0.05, 0.1) is 5.60 Å². The predicted molar refractivity (Wildman–Crippen MR) is 72.1 cm³/mol. The highest BCUT2D eigenvalue weighted by Gasteiger charge is 2.35. The minimum absolute atomic E-state index is 0.0859. The summed E-state index contributed by atoms with van der Waals surface area (Å²) in [7, 11) is 0. The Balaban J connectivity index is 2.13. The minimum atomic E-state index is -0.814. The molecule has 18 heavy (non-hydrogen) atoms. The van der Waals surface area contributed by atoms with Gasteiger partial charge >= 0.3 is 0 Å². The zero-order chi connectivity index (χ0) is 12.6. The molecule has 3 heteroatoms. The van der Waals surface area contributed by atoms with Crippen molar-refractivity contribution in [3.63, 3.8) is 0 Å². The van der Waals surface area contributed by atoms with Gasteiger partial charge in [-0.2, -0.15) is 0 Å². The van der Waals surface area contributed by atoms with Crippen LogP contribution < -0.4 is 5.73 Å². The summed E-state index contributed by atoms with van der Waals surface area (Å²) in [6, 6.07) is 8.15. The lowest BCUT2D eigenvalue weighted by Crippen LogP contribution is -2.39. The molecule has 1 heterocycles. The number of pyridine rings is 1. The van der Waals surface area contributed by atoms with E-state index in [1.807, 2.05) is 30.5 Å². The number of benzene rings is 1. The molecule has 3 rings (SSSR count). The lowest BCUT2D eigenvalue weighted by Gasteiger charge is -2.36. The molecule has 1 fully saturated rings. The van der Waals surface area contributed by atoms with Crippen LogP contribution in [0.1, 0.15) is 31.2 Å². The lowest BCUT2D eigenvalue weighted by atomic mass is 9.77. The van der Waals surface area contributed by atoms with Gasteiger partial charge in [0, 0.05) is 29.4 Å². The maximum atomic E-state index is 10.9. The largest absolute Gasteiger partial charge is 0.385 e. The molecule has 0 amide bonds.